The first-order valence-electron chi connectivity index (χ1n) is 9.65. The number of carbonyl (C=O) groups is 1. The van der Waals surface area contributed by atoms with Crippen molar-refractivity contribution in [3.63, 3.8) is 0 Å². The number of aromatic nitrogens is 2. The van der Waals surface area contributed by atoms with Gasteiger partial charge in [-0.1, -0.05) is 11.2 Å². The van der Waals surface area contributed by atoms with Gasteiger partial charge < -0.3 is 9.84 Å². The zero-order chi connectivity index (χ0) is 20.4. The zero-order valence-corrected chi connectivity index (χ0v) is 18.1. The van der Waals surface area contributed by atoms with Crippen molar-refractivity contribution in [2.24, 2.45) is 0 Å². The van der Waals surface area contributed by atoms with E-state index in [4.69, 9.17) is 4.52 Å². The molecule has 0 saturated heterocycles. The molecule has 1 amide bonds. The van der Waals surface area contributed by atoms with Crippen LogP contribution in [-0.2, 0) is 0 Å². The van der Waals surface area contributed by atoms with Crippen LogP contribution in [0.1, 0.15) is 50.7 Å². The number of nitrogens with zero attached hydrogens (tertiary/aromatic N) is 3. The lowest BCUT2D eigenvalue weighted by atomic mass is 10.1. The normalized spacial score (nSPS) is 13.0. The summed E-state index contributed by atoms with van der Waals surface area (Å²) in [6, 6.07) is 6.62. The van der Waals surface area contributed by atoms with Crippen LogP contribution < -0.4 is 5.32 Å². The summed E-state index contributed by atoms with van der Waals surface area (Å²) in [5.41, 5.74) is 2.35. The first kappa shape index (κ1) is 20.5. The zero-order valence-electron chi connectivity index (χ0n) is 17.3. The molecular weight excluding hydrogens is 372 g/mol. The first-order valence-corrected chi connectivity index (χ1v) is 10.5. The second-order valence-corrected chi connectivity index (χ2v) is 8.69. The molecule has 0 saturated carbocycles. The van der Waals surface area contributed by atoms with Gasteiger partial charge in [0.25, 0.3) is 11.6 Å². The van der Waals surface area contributed by atoms with Gasteiger partial charge in [-0.25, -0.2) is 4.98 Å². The highest BCUT2D eigenvalue weighted by Crippen LogP contribution is 2.29. The van der Waals surface area contributed by atoms with Crippen molar-refractivity contribution >= 4 is 28.3 Å². The quantitative estimate of drug-likeness (QED) is 0.632. The maximum absolute atomic E-state index is 13.1. The van der Waals surface area contributed by atoms with Gasteiger partial charge in [0, 0.05) is 24.7 Å². The third-order valence-electron chi connectivity index (χ3n) is 4.82. The SMILES string of the molecule is Cc1noc2nc(-c3cccs3)cc(C(=O)NC(C)CN(C(C)C)C(C)C)c12. The number of nitrogens with one attached hydrogen (secondary N) is 1. The highest BCUT2D eigenvalue weighted by atomic mass is 32.1. The van der Waals surface area contributed by atoms with Gasteiger partial charge in [0.05, 0.1) is 27.2 Å². The predicted molar refractivity (Wildman–Crippen MR) is 114 cm³/mol. The molecule has 0 aliphatic rings. The fraction of sp³-hybridized carbons (Fsp3) is 0.476. The molecule has 0 aliphatic carbocycles. The number of fused-ring (bicyclic) bond motifs is 1. The minimum absolute atomic E-state index is 0.00543. The van der Waals surface area contributed by atoms with Gasteiger partial charge in [-0.3, -0.25) is 9.69 Å². The van der Waals surface area contributed by atoms with E-state index in [1.165, 1.54) is 0 Å². The van der Waals surface area contributed by atoms with Crippen molar-refractivity contribution in [2.45, 2.75) is 59.7 Å². The molecule has 0 radical (unpaired) electrons. The van der Waals surface area contributed by atoms with Crippen molar-refractivity contribution in [3.8, 4) is 10.6 Å². The Morgan fingerprint density at radius 3 is 2.57 bits per heavy atom. The molecule has 1 atom stereocenters. The molecule has 7 heteroatoms. The third kappa shape index (κ3) is 4.25. The Balaban J connectivity index is 1.89. The summed E-state index contributed by atoms with van der Waals surface area (Å²) in [4.78, 5) is 21.0. The number of thiophene rings is 1. The molecule has 0 spiro atoms. The molecule has 1 N–H and O–H groups in total. The molecule has 1 unspecified atom stereocenters. The number of aryl methyl sites for hydroxylation is 1. The Hall–Kier alpha value is -2.25. The number of hydrogen-bond acceptors (Lipinski definition) is 6. The molecule has 0 bridgehead atoms. The van der Waals surface area contributed by atoms with Gasteiger partial charge in [-0.05, 0) is 59.1 Å². The van der Waals surface area contributed by atoms with E-state index in [9.17, 15) is 4.79 Å². The van der Waals surface area contributed by atoms with Gasteiger partial charge in [0.15, 0.2) is 0 Å². The van der Waals surface area contributed by atoms with Crippen LogP contribution >= 0.6 is 11.3 Å². The van der Waals surface area contributed by atoms with E-state index in [2.05, 4.69) is 48.1 Å². The van der Waals surface area contributed by atoms with E-state index in [0.29, 0.717) is 34.4 Å². The van der Waals surface area contributed by atoms with Crippen molar-refractivity contribution < 1.29 is 9.32 Å². The van der Waals surface area contributed by atoms with E-state index >= 15 is 0 Å². The minimum Gasteiger partial charge on any atom is -0.348 e. The Morgan fingerprint density at radius 1 is 1.25 bits per heavy atom. The predicted octanol–water partition coefficient (Wildman–Crippen LogP) is 4.50. The van der Waals surface area contributed by atoms with Gasteiger partial charge in [0.1, 0.15) is 0 Å². The van der Waals surface area contributed by atoms with Crippen LogP contribution in [0.3, 0.4) is 0 Å². The van der Waals surface area contributed by atoms with Crippen LogP contribution in [0.5, 0.6) is 0 Å². The average molecular weight is 401 g/mol. The maximum Gasteiger partial charge on any atom is 0.259 e. The summed E-state index contributed by atoms with van der Waals surface area (Å²) in [6.07, 6.45) is 0. The number of pyridine rings is 1. The number of hydrogen-bond donors (Lipinski definition) is 1. The highest BCUT2D eigenvalue weighted by molar-refractivity contribution is 7.13. The molecule has 150 valence electrons. The molecule has 3 aromatic rings. The van der Waals surface area contributed by atoms with Gasteiger partial charge in [0.2, 0.25) is 0 Å². The topological polar surface area (TPSA) is 71.3 Å². The first-order chi connectivity index (χ1) is 13.3. The molecule has 0 fully saturated rings. The summed E-state index contributed by atoms with van der Waals surface area (Å²) in [5.74, 6) is -0.128. The Bertz CT molecular complexity index is 939. The molecule has 3 rings (SSSR count). The minimum atomic E-state index is -0.128. The van der Waals surface area contributed by atoms with E-state index in [0.717, 1.165) is 17.1 Å². The van der Waals surface area contributed by atoms with Gasteiger partial charge >= 0.3 is 0 Å². The molecule has 0 aliphatic heterocycles. The Labute approximate surface area is 169 Å². The Kier molecular flexibility index (Phi) is 6.15. The monoisotopic (exact) mass is 400 g/mol. The molecular formula is C21H28N4O2S. The summed E-state index contributed by atoms with van der Waals surface area (Å²) in [6.45, 7) is 13.4. The largest absolute Gasteiger partial charge is 0.348 e. The maximum atomic E-state index is 13.1. The van der Waals surface area contributed by atoms with Crippen molar-refractivity contribution in [1.82, 2.24) is 20.4 Å². The van der Waals surface area contributed by atoms with Crippen molar-refractivity contribution in [1.29, 1.82) is 0 Å². The van der Waals surface area contributed by atoms with Crippen LogP contribution in [0, 0.1) is 6.92 Å². The summed E-state index contributed by atoms with van der Waals surface area (Å²) in [5, 5.41) is 9.82. The van der Waals surface area contributed by atoms with Crippen LogP contribution in [0.25, 0.3) is 21.7 Å². The number of rotatable bonds is 7. The summed E-state index contributed by atoms with van der Waals surface area (Å²) < 4.78 is 5.37. The second-order valence-electron chi connectivity index (χ2n) is 7.74. The summed E-state index contributed by atoms with van der Waals surface area (Å²) in [7, 11) is 0. The van der Waals surface area contributed by atoms with Crippen LogP contribution in [0.4, 0.5) is 0 Å². The molecule has 3 heterocycles. The smallest absolute Gasteiger partial charge is 0.259 e. The third-order valence-corrected chi connectivity index (χ3v) is 5.72. The van der Waals surface area contributed by atoms with Crippen LogP contribution in [0.15, 0.2) is 28.1 Å². The Morgan fingerprint density at radius 2 is 1.96 bits per heavy atom. The number of carbonyl (C=O) groups excluding carboxylic acids is 1. The average Bonchev–Trinajstić information content (AvgIpc) is 3.28. The van der Waals surface area contributed by atoms with E-state index in [1.54, 1.807) is 11.3 Å². The van der Waals surface area contributed by atoms with Gasteiger partial charge in [-0.15, -0.1) is 11.3 Å². The van der Waals surface area contributed by atoms with E-state index < -0.39 is 0 Å². The second kappa shape index (κ2) is 8.41. The van der Waals surface area contributed by atoms with Crippen LogP contribution in [-0.4, -0.2) is 45.6 Å². The van der Waals surface area contributed by atoms with E-state index in [-0.39, 0.29) is 11.9 Å². The molecule has 6 nitrogen and oxygen atoms in total. The highest BCUT2D eigenvalue weighted by Gasteiger charge is 2.22. The summed E-state index contributed by atoms with van der Waals surface area (Å²) >= 11 is 1.58. The fourth-order valence-electron chi connectivity index (χ4n) is 3.51. The van der Waals surface area contributed by atoms with Crippen LogP contribution in [0.2, 0.25) is 0 Å². The molecule has 0 aromatic carbocycles. The van der Waals surface area contributed by atoms with Crippen molar-refractivity contribution in [3.05, 3.63) is 34.8 Å². The standard InChI is InChI=1S/C21H28N4O2S/c1-12(2)25(13(3)4)11-14(5)22-20(26)16-10-17(18-8-7-9-28-18)23-21-19(16)15(6)24-27-21/h7-10,12-14H,11H2,1-6H3,(H,22,26). The lowest BCUT2D eigenvalue weighted by molar-refractivity contribution is 0.0913. The number of amides is 1. The van der Waals surface area contributed by atoms with Crippen molar-refractivity contribution in [2.75, 3.05) is 6.54 Å². The lowest BCUT2D eigenvalue weighted by Crippen LogP contribution is -2.47. The fourth-order valence-corrected chi connectivity index (χ4v) is 4.19. The lowest BCUT2D eigenvalue weighted by Gasteiger charge is -2.33. The molecule has 3 aromatic heterocycles. The van der Waals surface area contributed by atoms with Gasteiger partial charge in [-0.2, -0.15) is 0 Å². The van der Waals surface area contributed by atoms with E-state index in [1.807, 2.05) is 37.4 Å². The molecule has 28 heavy (non-hydrogen) atoms.